The first-order valence-corrected chi connectivity index (χ1v) is 16.9. The normalized spacial score (nSPS) is 12.1. The Morgan fingerprint density at radius 3 is 1.12 bits per heavy atom. The molecule has 0 bridgehead atoms. The number of benzene rings is 10. The van der Waals surface area contributed by atoms with E-state index >= 15 is 0 Å². The molecule has 1 nitrogen and oxygen atoms in total. The van der Waals surface area contributed by atoms with Crippen molar-refractivity contribution in [3.63, 3.8) is 0 Å². The topological polar surface area (TPSA) is 13.1 Å². The molecule has 10 aromatic carbocycles. The van der Waals surface area contributed by atoms with Gasteiger partial charge >= 0.3 is 0 Å². The van der Waals surface area contributed by atoms with Crippen molar-refractivity contribution in [2.45, 2.75) is 0 Å². The van der Waals surface area contributed by atoms with Gasteiger partial charge in [0.2, 0.25) is 0 Å². The van der Waals surface area contributed by atoms with Crippen LogP contribution in [0.5, 0.6) is 0 Å². The van der Waals surface area contributed by atoms with E-state index < -0.39 is 0 Å². The van der Waals surface area contributed by atoms with Crippen LogP contribution in [0.25, 0.3) is 109 Å². The molecule has 0 aliphatic heterocycles. The van der Waals surface area contributed by atoms with Gasteiger partial charge in [-0.25, -0.2) is 0 Å². The van der Waals surface area contributed by atoms with E-state index in [0.29, 0.717) is 0 Å². The van der Waals surface area contributed by atoms with E-state index in [4.69, 9.17) is 4.42 Å². The summed E-state index contributed by atoms with van der Waals surface area (Å²) in [5.74, 6) is 0. The molecule has 1 heterocycles. The number of fused-ring (bicyclic) bond motifs is 13. The summed E-state index contributed by atoms with van der Waals surface area (Å²) in [6, 6.07) is 62.1. The molecule has 49 heavy (non-hydrogen) atoms. The second-order valence-electron chi connectivity index (χ2n) is 13.2. The third kappa shape index (κ3) is 3.87. The number of hydrogen-bond acceptors (Lipinski definition) is 1. The first-order chi connectivity index (χ1) is 24.3. The molecular formula is C48H28O. The highest BCUT2D eigenvalue weighted by atomic mass is 16.3. The minimum Gasteiger partial charge on any atom is -0.456 e. The highest BCUT2D eigenvalue weighted by Gasteiger charge is 2.16. The van der Waals surface area contributed by atoms with Gasteiger partial charge in [0.1, 0.15) is 11.2 Å². The number of furan rings is 1. The van der Waals surface area contributed by atoms with Crippen molar-refractivity contribution in [2.75, 3.05) is 0 Å². The Kier molecular flexibility index (Phi) is 5.45. The Labute approximate surface area is 282 Å². The smallest absolute Gasteiger partial charge is 0.136 e. The minimum atomic E-state index is 0.920. The van der Waals surface area contributed by atoms with Gasteiger partial charge in [-0.2, -0.15) is 0 Å². The van der Waals surface area contributed by atoms with Gasteiger partial charge in [-0.15, -0.1) is 0 Å². The molecule has 1 aromatic heterocycles. The zero-order chi connectivity index (χ0) is 32.1. The molecular weight excluding hydrogens is 593 g/mol. The lowest BCUT2D eigenvalue weighted by Crippen LogP contribution is -1.86. The van der Waals surface area contributed by atoms with Gasteiger partial charge < -0.3 is 4.42 Å². The molecule has 0 radical (unpaired) electrons. The summed E-state index contributed by atoms with van der Waals surface area (Å²) >= 11 is 0. The highest BCUT2D eigenvalue weighted by Crippen LogP contribution is 2.43. The van der Waals surface area contributed by atoms with E-state index in [1.165, 1.54) is 97.7 Å². The average molecular weight is 621 g/mol. The zero-order valence-corrected chi connectivity index (χ0v) is 26.6. The van der Waals surface area contributed by atoms with Crippen molar-refractivity contribution in [3.8, 4) is 22.3 Å². The van der Waals surface area contributed by atoms with Gasteiger partial charge in [-0.05, 0) is 123 Å². The summed E-state index contributed by atoms with van der Waals surface area (Å²) in [6.45, 7) is 0. The summed E-state index contributed by atoms with van der Waals surface area (Å²) in [7, 11) is 0. The van der Waals surface area contributed by atoms with Gasteiger partial charge in [-0.1, -0.05) is 133 Å². The van der Waals surface area contributed by atoms with Gasteiger partial charge in [0.05, 0.1) is 0 Å². The number of hydrogen-bond donors (Lipinski definition) is 0. The Balaban J connectivity index is 1.12. The van der Waals surface area contributed by atoms with Gasteiger partial charge in [0.15, 0.2) is 0 Å². The zero-order valence-electron chi connectivity index (χ0n) is 26.6. The van der Waals surface area contributed by atoms with E-state index in [1.54, 1.807) is 0 Å². The van der Waals surface area contributed by atoms with Crippen molar-refractivity contribution in [2.24, 2.45) is 0 Å². The average Bonchev–Trinajstić information content (AvgIpc) is 3.57. The van der Waals surface area contributed by atoms with Crippen LogP contribution < -0.4 is 0 Å². The SMILES string of the molecule is c1ccc2c(c1)cc(-c1ccc3c(ccc4oc5ccc6cc(-c7cc8ccccc8c8ccccc78)ccc6c5c43)c1)c1ccccc12. The largest absolute Gasteiger partial charge is 0.456 e. The fraction of sp³-hybridized carbons (Fsp3) is 0. The first-order valence-electron chi connectivity index (χ1n) is 16.9. The molecule has 0 fully saturated rings. The molecule has 0 aliphatic rings. The van der Waals surface area contributed by atoms with Gasteiger partial charge in [-0.3, -0.25) is 0 Å². The first kappa shape index (κ1) is 26.6. The van der Waals surface area contributed by atoms with E-state index in [9.17, 15) is 0 Å². The second-order valence-corrected chi connectivity index (χ2v) is 13.2. The van der Waals surface area contributed by atoms with Crippen LogP contribution in [0.1, 0.15) is 0 Å². The van der Waals surface area contributed by atoms with Crippen LogP contribution in [-0.2, 0) is 0 Å². The van der Waals surface area contributed by atoms with E-state index in [2.05, 4.69) is 170 Å². The maximum absolute atomic E-state index is 6.51. The van der Waals surface area contributed by atoms with Crippen molar-refractivity contribution in [1.29, 1.82) is 0 Å². The summed E-state index contributed by atoms with van der Waals surface area (Å²) in [6.07, 6.45) is 0. The summed E-state index contributed by atoms with van der Waals surface area (Å²) in [5.41, 5.74) is 6.80. The molecule has 11 rings (SSSR count). The monoisotopic (exact) mass is 620 g/mol. The predicted molar refractivity (Wildman–Crippen MR) is 210 cm³/mol. The predicted octanol–water partition coefficient (Wildman–Crippen LogP) is 13.8. The van der Waals surface area contributed by atoms with Crippen LogP contribution in [0, 0.1) is 0 Å². The lowest BCUT2D eigenvalue weighted by Gasteiger charge is -2.12. The van der Waals surface area contributed by atoms with Crippen LogP contribution in [0.4, 0.5) is 0 Å². The molecule has 0 unspecified atom stereocenters. The molecule has 0 aliphatic carbocycles. The van der Waals surface area contributed by atoms with Crippen molar-refractivity contribution in [1.82, 2.24) is 0 Å². The Morgan fingerprint density at radius 2 is 0.653 bits per heavy atom. The standard InChI is InChI=1S/C48H28O/c1-3-11-35-29(9-1)27-43(41-15-7-5-13-39(35)41)33-17-21-37-31(25-33)19-23-45-47(37)48-38-22-18-34(26-32(38)20-24-46(48)49-45)44-28-30-10-2-4-12-36(30)40-14-6-8-16-42(40)44/h1-28H. The third-order valence-corrected chi connectivity index (χ3v) is 10.6. The quantitative estimate of drug-likeness (QED) is 0.175. The summed E-state index contributed by atoms with van der Waals surface area (Å²) < 4.78 is 6.51. The second kappa shape index (κ2) is 10.0. The lowest BCUT2D eigenvalue weighted by molar-refractivity contribution is 0.669. The molecule has 0 spiro atoms. The molecule has 0 saturated carbocycles. The van der Waals surface area contributed by atoms with Crippen LogP contribution >= 0.6 is 0 Å². The fourth-order valence-electron chi connectivity index (χ4n) is 8.35. The Morgan fingerprint density at radius 1 is 0.265 bits per heavy atom. The lowest BCUT2D eigenvalue weighted by atomic mass is 9.91. The van der Waals surface area contributed by atoms with E-state index in [0.717, 1.165) is 11.2 Å². The van der Waals surface area contributed by atoms with Crippen LogP contribution in [0.15, 0.2) is 174 Å². The molecule has 226 valence electrons. The maximum atomic E-state index is 6.51. The molecule has 1 heteroatoms. The van der Waals surface area contributed by atoms with Gasteiger partial charge in [0, 0.05) is 10.8 Å². The maximum Gasteiger partial charge on any atom is 0.136 e. The van der Waals surface area contributed by atoms with E-state index in [-0.39, 0.29) is 0 Å². The summed E-state index contributed by atoms with van der Waals surface area (Å²) in [4.78, 5) is 0. The van der Waals surface area contributed by atoms with Crippen molar-refractivity contribution in [3.05, 3.63) is 170 Å². The Hall–Kier alpha value is -6.44. The van der Waals surface area contributed by atoms with Crippen LogP contribution in [0.2, 0.25) is 0 Å². The minimum absolute atomic E-state index is 0.920. The molecule has 11 aromatic rings. The molecule has 0 amide bonds. The molecule has 0 saturated heterocycles. The van der Waals surface area contributed by atoms with Crippen molar-refractivity contribution >= 4 is 86.6 Å². The fourth-order valence-corrected chi connectivity index (χ4v) is 8.35. The summed E-state index contributed by atoms with van der Waals surface area (Å²) in [5, 5.41) is 17.4. The number of rotatable bonds is 2. The van der Waals surface area contributed by atoms with Crippen LogP contribution in [0.3, 0.4) is 0 Å². The van der Waals surface area contributed by atoms with Gasteiger partial charge in [0.25, 0.3) is 0 Å². The van der Waals surface area contributed by atoms with E-state index in [1.807, 2.05) is 0 Å². The Bertz CT molecular complexity index is 2950. The molecule has 0 N–H and O–H groups in total. The highest BCUT2D eigenvalue weighted by molar-refractivity contribution is 6.27. The molecule has 0 atom stereocenters. The van der Waals surface area contributed by atoms with Crippen molar-refractivity contribution < 1.29 is 4.42 Å². The van der Waals surface area contributed by atoms with Crippen LogP contribution in [-0.4, -0.2) is 0 Å². The third-order valence-electron chi connectivity index (χ3n) is 10.6.